The molecular formula is C42H42F6N6O8S. The number of aromatic nitrogens is 3. The third-order valence-corrected chi connectivity index (χ3v) is 14.6. The third kappa shape index (κ3) is 9.06. The minimum Gasteiger partial charge on any atom is -0.472 e. The Morgan fingerprint density at radius 1 is 1.00 bits per heavy atom. The molecule has 2 aromatic heterocycles. The molecule has 2 aliphatic heterocycles. The van der Waals surface area contributed by atoms with Crippen LogP contribution in [0.1, 0.15) is 88.2 Å². The minimum atomic E-state index is -5.02. The molecule has 4 aromatic rings. The van der Waals surface area contributed by atoms with E-state index in [-0.39, 0.29) is 47.3 Å². The number of sulfonamides is 1. The highest BCUT2D eigenvalue weighted by Gasteiger charge is 2.62. The lowest BCUT2D eigenvalue weighted by Crippen LogP contribution is -2.52. The Bertz CT molecular complexity index is 2640. The second-order valence-corrected chi connectivity index (χ2v) is 19.1. The number of alkyl halides is 5. The molecule has 2 aromatic carbocycles. The van der Waals surface area contributed by atoms with Gasteiger partial charge in [-0.15, -0.1) is 13.2 Å². The fourth-order valence-electron chi connectivity index (χ4n) is 8.46. The van der Waals surface area contributed by atoms with Crippen LogP contribution in [0.5, 0.6) is 11.6 Å². The molecule has 8 rings (SSSR count). The highest BCUT2D eigenvalue weighted by molar-refractivity contribution is 7.91. The number of amides is 3. The molecule has 3 fully saturated rings. The summed E-state index contributed by atoms with van der Waals surface area (Å²) in [7, 11) is -4.10. The maximum Gasteiger partial charge on any atom is 0.573 e. The summed E-state index contributed by atoms with van der Waals surface area (Å²) in [5.74, 6) is -5.17. The number of hydrogen-bond acceptors (Lipinski definition) is 10. The van der Waals surface area contributed by atoms with Gasteiger partial charge in [0.2, 0.25) is 27.7 Å². The smallest absolute Gasteiger partial charge is 0.472 e. The Labute approximate surface area is 356 Å². The maximum atomic E-state index is 14.8. The molecule has 0 unspecified atom stereocenters. The quantitative estimate of drug-likeness (QED) is 0.105. The first kappa shape index (κ1) is 43.9. The molecule has 1 saturated heterocycles. The fraction of sp³-hybridized carbons (Fsp3) is 0.476. The summed E-state index contributed by atoms with van der Waals surface area (Å²) < 4.78 is 119. The van der Waals surface area contributed by atoms with E-state index in [0.717, 1.165) is 36.5 Å². The summed E-state index contributed by atoms with van der Waals surface area (Å²) in [6, 6.07) is 5.50. The van der Waals surface area contributed by atoms with E-state index in [2.05, 4.69) is 24.9 Å². The minimum absolute atomic E-state index is 0.0151. The molecule has 2 aliphatic carbocycles. The first-order chi connectivity index (χ1) is 29.8. The van der Waals surface area contributed by atoms with Crippen LogP contribution in [-0.2, 0) is 24.4 Å². The lowest BCUT2D eigenvalue weighted by atomic mass is 9.91. The summed E-state index contributed by atoms with van der Waals surface area (Å²) in [4.78, 5) is 62.3. The van der Waals surface area contributed by atoms with Crippen molar-refractivity contribution in [1.29, 1.82) is 0 Å². The second-order valence-electron chi connectivity index (χ2n) is 16.9. The van der Waals surface area contributed by atoms with E-state index in [1.54, 1.807) is 6.08 Å². The number of pyridine rings is 1. The van der Waals surface area contributed by atoms with Crippen LogP contribution in [0, 0.1) is 17.2 Å². The zero-order valence-corrected chi connectivity index (χ0v) is 34.5. The van der Waals surface area contributed by atoms with E-state index in [4.69, 9.17) is 4.74 Å². The van der Waals surface area contributed by atoms with Gasteiger partial charge >= 0.3 is 12.9 Å². The van der Waals surface area contributed by atoms with Crippen molar-refractivity contribution >= 4 is 55.2 Å². The van der Waals surface area contributed by atoms with Gasteiger partial charge in [0.1, 0.15) is 29.4 Å². The Morgan fingerprint density at radius 3 is 2.48 bits per heavy atom. The number of carbonyl (C=O) groups excluding carboxylic acids is 4. The molecule has 14 nitrogen and oxygen atoms in total. The van der Waals surface area contributed by atoms with Gasteiger partial charge < -0.3 is 19.7 Å². The number of fused-ring (bicyclic) bond motifs is 5. The number of ketones is 1. The summed E-state index contributed by atoms with van der Waals surface area (Å²) in [6.07, 6.45) is 0.872. The van der Waals surface area contributed by atoms with E-state index >= 15 is 0 Å². The van der Waals surface area contributed by atoms with Gasteiger partial charge in [0.25, 0.3) is 5.91 Å². The van der Waals surface area contributed by atoms with Crippen molar-refractivity contribution in [3.05, 3.63) is 72.3 Å². The number of allylic oxidation sites excluding steroid dienone is 2. The van der Waals surface area contributed by atoms with Crippen LogP contribution in [0.4, 0.5) is 26.3 Å². The molecule has 21 heteroatoms. The van der Waals surface area contributed by atoms with Crippen molar-refractivity contribution in [1.82, 2.24) is 29.7 Å². The monoisotopic (exact) mass is 904 g/mol. The van der Waals surface area contributed by atoms with Gasteiger partial charge in [-0.25, -0.2) is 22.5 Å². The lowest BCUT2D eigenvalue weighted by molar-refractivity contribution is -0.274. The van der Waals surface area contributed by atoms with Crippen LogP contribution in [0.3, 0.4) is 0 Å². The lowest BCUT2D eigenvalue weighted by Gasteiger charge is -2.29. The van der Waals surface area contributed by atoms with Gasteiger partial charge in [0.15, 0.2) is 5.78 Å². The molecule has 63 heavy (non-hydrogen) atoms. The Hall–Kier alpha value is -5.73. The van der Waals surface area contributed by atoms with Gasteiger partial charge in [-0.1, -0.05) is 31.1 Å². The highest BCUT2D eigenvalue weighted by Crippen LogP contribution is 2.57. The molecule has 4 heterocycles. The molecule has 4 aliphatic rings. The number of rotatable bonds is 9. The normalized spacial score (nSPS) is 25.7. The summed E-state index contributed by atoms with van der Waals surface area (Å²) in [5, 5.41) is 7.00. The first-order valence-corrected chi connectivity index (χ1v) is 21.9. The van der Waals surface area contributed by atoms with Crippen molar-refractivity contribution in [3.63, 3.8) is 0 Å². The van der Waals surface area contributed by atoms with Crippen LogP contribution < -0.4 is 19.5 Å². The summed E-state index contributed by atoms with van der Waals surface area (Å²) in [6.45, 7) is -1.85. The highest BCUT2D eigenvalue weighted by atomic mass is 32.2. The van der Waals surface area contributed by atoms with E-state index in [0.29, 0.717) is 49.3 Å². The molecular weight excluding hydrogens is 863 g/mol. The number of nitrogens with one attached hydrogen (secondary N) is 2. The Balaban J connectivity index is 1.14. The van der Waals surface area contributed by atoms with Crippen LogP contribution in [0.25, 0.3) is 21.7 Å². The second kappa shape index (κ2) is 16.4. The molecule has 2 N–H and O–H groups in total. The third-order valence-electron chi connectivity index (χ3n) is 12.4. The van der Waals surface area contributed by atoms with Gasteiger partial charge in [0, 0.05) is 35.9 Å². The molecule has 0 spiro atoms. The number of nitrogens with zero attached hydrogens (tertiary/aromatic N) is 4. The zero-order valence-electron chi connectivity index (χ0n) is 33.7. The number of Topliss-reactive ketones (excluding diaryl/α,β-unsaturated/α-hetero) is 1. The van der Waals surface area contributed by atoms with Gasteiger partial charge in [-0.3, -0.25) is 23.9 Å². The predicted molar refractivity (Wildman–Crippen MR) is 212 cm³/mol. The summed E-state index contributed by atoms with van der Waals surface area (Å²) in [5.41, 5.74) is -1.88. The van der Waals surface area contributed by atoms with Crippen molar-refractivity contribution in [3.8, 4) is 11.6 Å². The largest absolute Gasteiger partial charge is 0.573 e. The van der Waals surface area contributed by atoms with Crippen molar-refractivity contribution in [2.45, 2.75) is 107 Å². The average molecular weight is 905 g/mol. The number of halogens is 6. The molecule has 3 amide bonds. The number of ether oxygens (including phenoxy) is 2. The molecule has 336 valence electrons. The van der Waals surface area contributed by atoms with Crippen LogP contribution >= 0.6 is 0 Å². The predicted octanol–water partition coefficient (Wildman–Crippen LogP) is 6.65. The van der Waals surface area contributed by atoms with E-state index in [1.165, 1.54) is 24.0 Å². The fourth-order valence-corrected chi connectivity index (χ4v) is 9.80. The van der Waals surface area contributed by atoms with E-state index < -0.39 is 104 Å². The number of benzene rings is 2. The average Bonchev–Trinajstić information content (AvgIpc) is 3.98. The van der Waals surface area contributed by atoms with E-state index in [1.807, 2.05) is 6.08 Å². The van der Waals surface area contributed by atoms with Crippen LogP contribution in [-0.4, -0.2) is 87.4 Å². The Kier molecular flexibility index (Phi) is 11.5. The summed E-state index contributed by atoms with van der Waals surface area (Å²) >= 11 is 0. The Morgan fingerprint density at radius 2 is 1.76 bits per heavy atom. The van der Waals surface area contributed by atoms with E-state index in [9.17, 15) is 53.9 Å². The van der Waals surface area contributed by atoms with Gasteiger partial charge in [-0.2, -0.15) is 13.9 Å². The van der Waals surface area contributed by atoms with Crippen molar-refractivity contribution in [2.24, 2.45) is 11.3 Å². The van der Waals surface area contributed by atoms with Crippen LogP contribution in [0.15, 0.2) is 60.8 Å². The maximum absolute atomic E-state index is 14.8. The van der Waals surface area contributed by atoms with Gasteiger partial charge in [-0.05, 0) is 87.1 Å². The topological polar surface area (TPSA) is 179 Å². The standard InChI is InChI=1S/C42H42F6N6O8S/c1-40(14-15-40)63(59,60)52-38(58)41-20-23(41)7-5-3-2-4-6-8-31(49-35(56)30-13-16-54(51-30)39(44)45)37(57)53-22-26(19-33(53)34(55)21-41)61-36-29-17-24(43)9-11-27(29)28-12-10-25(18-32(28)50-36)62-42(46,47)48/h5,7,9-13,16-18,23,26,31,33,39H,2-4,6,8,14-15,19-22H2,1H3,(H,49,56)(H,52,58)/b7-5-/t23-,26-,31+,33+,41-/m1/s1. The zero-order chi connectivity index (χ0) is 45.1. The molecule has 5 atom stereocenters. The van der Waals surface area contributed by atoms with Crippen LogP contribution in [0.2, 0.25) is 0 Å². The van der Waals surface area contributed by atoms with Gasteiger partial charge in [0.05, 0.1) is 28.3 Å². The first-order valence-electron chi connectivity index (χ1n) is 20.4. The molecule has 0 radical (unpaired) electrons. The van der Waals surface area contributed by atoms with Crippen molar-refractivity contribution in [2.75, 3.05) is 6.54 Å². The SMILES string of the molecule is CC1(S(=O)(=O)NC(=O)[C@]23CC(=O)[C@@H]4C[C@@H](Oc5nc6cc(OC(F)(F)F)ccc6c6ccc(F)cc56)CN4C(=O)[C@@H](NC(=O)c4ccn(C(F)F)n4)CCCCC/C=C\[C@@H]2C3)CC1. The van der Waals surface area contributed by atoms with Crippen molar-refractivity contribution < 1.29 is 63.4 Å². The molecule has 2 saturated carbocycles. The number of carbonyl (C=O) groups is 4. The number of hydrogen-bond donors (Lipinski definition) is 2. The molecule has 0 bridgehead atoms.